The van der Waals surface area contributed by atoms with E-state index >= 15 is 0 Å². The van der Waals surface area contributed by atoms with Crippen LogP contribution in [0.15, 0.2) is 66.7 Å². The van der Waals surface area contributed by atoms with Gasteiger partial charge in [0, 0.05) is 35.8 Å². The normalized spacial score (nSPS) is 16.1. The number of aromatic nitrogens is 1. The van der Waals surface area contributed by atoms with Crippen LogP contribution in [0.25, 0.3) is 10.9 Å². The number of nitrogens with zero attached hydrogens (tertiary/aromatic N) is 1. The van der Waals surface area contributed by atoms with Crippen molar-refractivity contribution in [3.05, 3.63) is 89.1 Å². The molecule has 1 aliphatic rings. The first kappa shape index (κ1) is 24.4. The van der Waals surface area contributed by atoms with Crippen molar-refractivity contribution in [3.8, 4) is 11.5 Å². The average Bonchev–Trinajstić information content (AvgIpc) is 3.23. The number of anilines is 1. The number of amides is 2. The van der Waals surface area contributed by atoms with E-state index in [1.165, 1.54) is 5.56 Å². The minimum Gasteiger partial charge on any atom is -0.508 e. The lowest BCUT2D eigenvalue weighted by Gasteiger charge is -2.25. The highest BCUT2D eigenvalue weighted by Gasteiger charge is 2.27. The van der Waals surface area contributed by atoms with Crippen molar-refractivity contribution >= 4 is 28.4 Å². The van der Waals surface area contributed by atoms with E-state index in [4.69, 9.17) is 4.74 Å². The number of ether oxygens (including phenoxy) is 1. The monoisotopic (exact) mass is 497 g/mol. The minimum atomic E-state index is -0.738. The molecule has 3 N–H and O–H groups in total. The molecular formula is C30H31N3O4. The Hall–Kier alpha value is -4.26. The summed E-state index contributed by atoms with van der Waals surface area (Å²) in [6.45, 7) is 0. The van der Waals surface area contributed by atoms with Gasteiger partial charge in [0.25, 0.3) is 0 Å². The topological polar surface area (TPSA) is 94.7 Å². The number of nitrogens with one attached hydrogen (secondary N) is 2. The number of benzene rings is 3. The number of rotatable bonds is 3. The van der Waals surface area contributed by atoms with Crippen LogP contribution in [0.3, 0.4) is 0 Å². The second kappa shape index (κ2) is 10.4. The molecule has 1 aromatic heterocycles. The van der Waals surface area contributed by atoms with Gasteiger partial charge in [0.15, 0.2) is 0 Å². The maximum Gasteiger partial charge on any atom is 0.249 e. The number of phenolic OH excluding ortho intramolecular Hbond substituents is 1. The minimum absolute atomic E-state index is 0.117. The molecule has 0 unspecified atom stereocenters. The van der Waals surface area contributed by atoms with Gasteiger partial charge in [-0.15, -0.1) is 0 Å². The first-order valence-corrected chi connectivity index (χ1v) is 12.5. The third-order valence-electron chi connectivity index (χ3n) is 7.06. The Morgan fingerprint density at radius 3 is 2.59 bits per heavy atom. The number of aryl methyl sites for hydroxylation is 2. The smallest absolute Gasteiger partial charge is 0.249 e. The largest absolute Gasteiger partial charge is 0.508 e. The standard InChI is InChI=1S/C30H31N3O4/c1-33(21-9-12-23(37-2)13-10-21)30(36)28-16-20-7-3-5-19(15-20)6-4-8-26-25(18-29(35)32-28)24-17-22(34)11-14-27(24)31-26/h3,5,7,9-15,17,28,31,34H,4,6,8,16,18H2,1-2H3,(H,32,35)/t28-/m0/s1. The number of H-pyrrole nitrogens is 1. The Balaban J connectivity index is 1.49. The Kier molecular flexibility index (Phi) is 6.86. The molecule has 2 amide bonds. The second-order valence-corrected chi connectivity index (χ2v) is 9.58. The molecule has 0 radical (unpaired) electrons. The van der Waals surface area contributed by atoms with Crippen LogP contribution in [0.4, 0.5) is 5.69 Å². The van der Waals surface area contributed by atoms with Crippen LogP contribution in [0.1, 0.15) is 28.8 Å². The summed E-state index contributed by atoms with van der Waals surface area (Å²) in [6, 6.07) is 19.9. The molecule has 1 aliphatic heterocycles. The molecule has 0 saturated heterocycles. The summed E-state index contributed by atoms with van der Waals surface area (Å²) >= 11 is 0. The second-order valence-electron chi connectivity index (χ2n) is 9.58. The van der Waals surface area contributed by atoms with Gasteiger partial charge >= 0.3 is 0 Å². The van der Waals surface area contributed by atoms with Gasteiger partial charge in [-0.25, -0.2) is 0 Å². The molecule has 190 valence electrons. The van der Waals surface area contributed by atoms with Crippen molar-refractivity contribution in [2.24, 2.45) is 0 Å². The number of aromatic hydroxyl groups is 1. The first-order chi connectivity index (χ1) is 17.9. The summed E-state index contributed by atoms with van der Waals surface area (Å²) < 4.78 is 5.23. The van der Waals surface area contributed by atoms with Crippen LogP contribution in [0.5, 0.6) is 11.5 Å². The Morgan fingerprint density at radius 2 is 1.81 bits per heavy atom. The molecule has 4 aromatic rings. The van der Waals surface area contributed by atoms with Gasteiger partial charge < -0.3 is 25.0 Å². The highest BCUT2D eigenvalue weighted by molar-refractivity contribution is 6.00. The van der Waals surface area contributed by atoms with E-state index in [9.17, 15) is 14.7 Å². The number of fused-ring (bicyclic) bond motifs is 5. The lowest BCUT2D eigenvalue weighted by molar-refractivity contribution is -0.127. The maximum atomic E-state index is 13.7. The Morgan fingerprint density at radius 1 is 1.03 bits per heavy atom. The van der Waals surface area contributed by atoms with E-state index in [0.29, 0.717) is 17.9 Å². The Labute approximate surface area is 216 Å². The number of aromatic amines is 1. The van der Waals surface area contributed by atoms with E-state index in [2.05, 4.69) is 22.4 Å². The number of hydrogen-bond donors (Lipinski definition) is 3. The Bertz CT molecular complexity index is 1440. The van der Waals surface area contributed by atoms with Crippen LogP contribution < -0.4 is 15.0 Å². The van der Waals surface area contributed by atoms with Gasteiger partial charge in [-0.3, -0.25) is 9.59 Å². The molecule has 7 nitrogen and oxygen atoms in total. The summed E-state index contributed by atoms with van der Waals surface area (Å²) in [7, 11) is 3.32. The van der Waals surface area contributed by atoms with Gasteiger partial charge in [-0.05, 0) is 78.4 Å². The zero-order valence-corrected chi connectivity index (χ0v) is 21.1. The number of methoxy groups -OCH3 is 1. The van der Waals surface area contributed by atoms with Crippen molar-refractivity contribution in [1.29, 1.82) is 0 Å². The molecular weight excluding hydrogens is 466 g/mol. The number of likely N-dealkylation sites (N-methyl/N-ethyl adjacent to an activating group) is 1. The van der Waals surface area contributed by atoms with Crippen LogP contribution >= 0.6 is 0 Å². The summed E-state index contributed by atoms with van der Waals surface area (Å²) in [5, 5.41) is 13.9. The molecule has 7 heteroatoms. The molecule has 2 heterocycles. The summed E-state index contributed by atoms with van der Waals surface area (Å²) in [4.78, 5) is 32.1. The van der Waals surface area contributed by atoms with Crippen LogP contribution in [-0.2, 0) is 35.3 Å². The van der Waals surface area contributed by atoms with Gasteiger partial charge in [0.05, 0.1) is 13.5 Å². The quantitative estimate of drug-likeness (QED) is 0.393. The van der Waals surface area contributed by atoms with E-state index in [-0.39, 0.29) is 24.0 Å². The SMILES string of the molecule is COc1ccc(N(C)C(=O)[C@@H]2Cc3cccc(c3)CCCc3[nH]c4ccc(O)cc4c3CC(=O)N2)cc1. The van der Waals surface area contributed by atoms with Crippen molar-refractivity contribution in [2.75, 3.05) is 19.1 Å². The van der Waals surface area contributed by atoms with Gasteiger partial charge in [0.1, 0.15) is 17.5 Å². The predicted octanol–water partition coefficient (Wildman–Crippen LogP) is 4.30. The van der Waals surface area contributed by atoms with E-state index in [0.717, 1.165) is 47.0 Å². The molecule has 37 heavy (non-hydrogen) atoms. The highest BCUT2D eigenvalue weighted by Crippen LogP contribution is 2.28. The van der Waals surface area contributed by atoms with Crippen molar-refractivity contribution in [2.45, 2.75) is 38.1 Å². The molecule has 3 aromatic carbocycles. The number of carbonyl (C=O) groups excluding carboxylic acids is 2. The molecule has 1 atom stereocenters. The maximum absolute atomic E-state index is 13.7. The van der Waals surface area contributed by atoms with Crippen molar-refractivity contribution in [1.82, 2.24) is 10.3 Å². The molecule has 0 aliphatic carbocycles. The van der Waals surface area contributed by atoms with Crippen LogP contribution in [0.2, 0.25) is 0 Å². The summed E-state index contributed by atoms with van der Waals surface area (Å²) in [5.41, 5.74) is 5.66. The molecule has 0 saturated carbocycles. The third kappa shape index (κ3) is 5.31. The fourth-order valence-electron chi connectivity index (χ4n) is 5.10. The van der Waals surface area contributed by atoms with E-state index in [1.54, 1.807) is 43.3 Å². The van der Waals surface area contributed by atoms with E-state index < -0.39 is 6.04 Å². The first-order valence-electron chi connectivity index (χ1n) is 12.5. The highest BCUT2D eigenvalue weighted by atomic mass is 16.5. The summed E-state index contributed by atoms with van der Waals surface area (Å²) in [6.07, 6.45) is 3.09. The lowest BCUT2D eigenvalue weighted by Crippen LogP contribution is -2.49. The molecule has 2 bridgehead atoms. The molecule has 0 fully saturated rings. The average molecular weight is 498 g/mol. The molecule has 0 spiro atoms. The van der Waals surface area contributed by atoms with Crippen molar-refractivity contribution < 1.29 is 19.4 Å². The number of hydrogen-bond acceptors (Lipinski definition) is 4. The number of phenols is 1. The third-order valence-corrected chi connectivity index (χ3v) is 7.06. The van der Waals surface area contributed by atoms with Gasteiger partial charge in [-0.2, -0.15) is 0 Å². The zero-order valence-electron chi connectivity index (χ0n) is 21.1. The fourth-order valence-corrected chi connectivity index (χ4v) is 5.10. The fraction of sp³-hybridized carbons (Fsp3) is 0.267. The van der Waals surface area contributed by atoms with E-state index in [1.807, 2.05) is 30.3 Å². The van der Waals surface area contributed by atoms with Crippen LogP contribution in [-0.4, -0.2) is 42.1 Å². The van der Waals surface area contributed by atoms with Gasteiger partial charge in [0.2, 0.25) is 11.8 Å². The van der Waals surface area contributed by atoms with Crippen molar-refractivity contribution in [3.63, 3.8) is 0 Å². The van der Waals surface area contributed by atoms with Crippen LogP contribution in [0, 0.1) is 0 Å². The lowest BCUT2D eigenvalue weighted by atomic mass is 9.99. The summed E-state index contributed by atoms with van der Waals surface area (Å²) in [5.74, 6) is 0.429. The van der Waals surface area contributed by atoms with Gasteiger partial charge in [-0.1, -0.05) is 24.3 Å². The molecule has 5 rings (SSSR count). The predicted molar refractivity (Wildman–Crippen MR) is 144 cm³/mol. The number of carbonyl (C=O) groups is 2. The zero-order chi connectivity index (χ0) is 25.9.